The maximum atomic E-state index is 8.77. The van der Waals surface area contributed by atoms with Crippen molar-refractivity contribution in [1.29, 1.82) is 5.26 Å². The monoisotopic (exact) mass is 168 g/mol. The van der Waals surface area contributed by atoms with Crippen LogP contribution in [0.2, 0.25) is 0 Å². The van der Waals surface area contributed by atoms with Crippen LogP contribution in [0, 0.1) is 29.1 Å². The van der Waals surface area contributed by atoms with Crippen molar-refractivity contribution in [3.05, 3.63) is 0 Å². The minimum absolute atomic E-state index is 0.156. The largest absolute Gasteiger partial charge is 0.315 e. The molecule has 0 aliphatic rings. The first-order valence-corrected chi connectivity index (χ1v) is 4.68. The van der Waals surface area contributed by atoms with Crippen molar-refractivity contribution >= 4 is 0 Å². The first-order chi connectivity index (χ1) is 5.57. The van der Waals surface area contributed by atoms with E-state index >= 15 is 0 Å². The molecule has 0 amide bonds. The number of nitrogens with zero attached hydrogens (tertiary/aromatic N) is 1. The molecule has 1 atom stereocenters. The molecule has 0 bridgehead atoms. The SMILES string of the molecule is CC(C)CNCC(C#N)C(C)C. The summed E-state index contributed by atoms with van der Waals surface area (Å²) in [6, 6.07) is 2.31. The zero-order chi connectivity index (χ0) is 9.56. The van der Waals surface area contributed by atoms with Crippen LogP contribution in [0.1, 0.15) is 27.7 Å². The number of nitriles is 1. The molecular formula is C10H20N2. The molecule has 1 unspecified atom stereocenters. The normalized spacial score (nSPS) is 13.4. The summed E-state index contributed by atoms with van der Waals surface area (Å²) in [6.45, 7) is 10.3. The molecule has 70 valence electrons. The fraction of sp³-hybridized carbons (Fsp3) is 0.900. The molecule has 0 aromatic carbocycles. The van der Waals surface area contributed by atoms with E-state index in [1.165, 1.54) is 0 Å². The van der Waals surface area contributed by atoms with Crippen molar-refractivity contribution in [3.8, 4) is 6.07 Å². The van der Waals surface area contributed by atoms with Crippen molar-refractivity contribution in [2.45, 2.75) is 27.7 Å². The predicted molar refractivity (Wildman–Crippen MR) is 51.6 cm³/mol. The molecule has 0 aromatic rings. The summed E-state index contributed by atoms with van der Waals surface area (Å²) in [4.78, 5) is 0. The number of nitrogens with one attached hydrogen (secondary N) is 1. The molecule has 0 radical (unpaired) electrons. The van der Waals surface area contributed by atoms with E-state index in [9.17, 15) is 0 Å². The highest BCUT2D eigenvalue weighted by molar-refractivity contribution is 4.86. The standard InChI is InChI=1S/C10H20N2/c1-8(2)6-12-7-10(5-11)9(3)4/h8-10,12H,6-7H2,1-4H3. The molecule has 0 aliphatic carbocycles. The molecule has 0 spiro atoms. The Balaban J connectivity index is 3.54. The first kappa shape index (κ1) is 11.4. The van der Waals surface area contributed by atoms with Gasteiger partial charge in [-0.2, -0.15) is 5.26 Å². The van der Waals surface area contributed by atoms with E-state index in [4.69, 9.17) is 5.26 Å². The average molecular weight is 168 g/mol. The van der Waals surface area contributed by atoms with E-state index in [0.29, 0.717) is 11.8 Å². The van der Waals surface area contributed by atoms with Crippen LogP contribution >= 0.6 is 0 Å². The van der Waals surface area contributed by atoms with Crippen molar-refractivity contribution in [2.75, 3.05) is 13.1 Å². The highest BCUT2D eigenvalue weighted by Gasteiger charge is 2.11. The van der Waals surface area contributed by atoms with E-state index in [1.807, 2.05) is 0 Å². The van der Waals surface area contributed by atoms with Gasteiger partial charge >= 0.3 is 0 Å². The van der Waals surface area contributed by atoms with Crippen molar-refractivity contribution in [1.82, 2.24) is 5.32 Å². The summed E-state index contributed by atoms with van der Waals surface area (Å²) >= 11 is 0. The Morgan fingerprint density at radius 1 is 1.17 bits per heavy atom. The third-order valence-electron chi connectivity index (χ3n) is 1.89. The van der Waals surface area contributed by atoms with Crippen LogP contribution < -0.4 is 5.32 Å². The van der Waals surface area contributed by atoms with Gasteiger partial charge in [0.25, 0.3) is 0 Å². The van der Waals surface area contributed by atoms with Gasteiger partial charge < -0.3 is 5.32 Å². The van der Waals surface area contributed by atoms with Crippen LogP contribution in [0.5, 0.6) is 0 Å². The molecular weight excluding hydrogens is 148 g/mol. The third-order valence-corrected chi connectivity index (χ3v) is 1.89. The lowest BCUT2D eigenvalue weighted by Gasteiger charge is -2.14. The second kappa shape index (κ2) is 6.02. The molecule has 0 aliphatic heterocycles. The summed E-state index contributed by atoms with van der Waals surface area (Å²) in [5.41, 5.74) is 0. The Bertz CT molecular complexity index is 144. The Morgan fingerprint density at radius 2 is 1.75 bits per heavy atom. The molecule has 12 heavy (non-hydrogen) atoms. The third kappa shape index (κ3) is 5.15. The van der Waals surface area contributed by atoms with E-state index in [1.54, 1.807) is 0 Å². The molecule has 0 heterocycles. The van der Waals surface area contributed by atoms with Crippen LogP contribution in [0.25, 0.3) is 0 Å². The van der Waals surface area contributed by atoms with Gasteiger partial charge in [0, 0.05) is 6.54 Å². The summed E-state index contributed by atoms with van der Waals surface area (Å²) < 4.78 is 0. The Hall–Kier alpha value is -0.550. The molecule has 2 heteroatoms. The van der Waals surface area contributed by atoms with E-state index in [0.717, 1.165) is 13.1 Å². The lowest BCUT2D eigenvalue weighted by atomic mass is 9.97. The lowest BCUT2D eigenvalue weighted by Crippen LogP contribution is -2.28. The molecule has 0 saturated carbocycles. The number of hydrogen-bond acceptors (Lipinski definition) is 2. The Kier molecular flexibility index (Phi) is 5.74. The van der Waals surface area contributed by atoms with Gasteiger partial charge in [-0.15, -0.1) is 0 Å². The molecule has 0 saturated heterocycles. The van der Waals surface area contributed by atoms with Gasteiger partial charge in [0.2, 0.25) is 0 Å². The lowest BCUT2D eigenvalue weighted by molar-refractivity contribution is 0.425. The summed E-state index contributed by atoms with van der Waals surface area (Å²) in [5, 5.41) is 12.1. The fourth-order valence-corrected chi connectivity index (χ4v) is 0.958. The molecule has 1 N–H and O–H groups in total. The van der Waals surface area contributed by atoms with Crippen LogP contribution in [-0.4, -0.2) is 13.1 Å². The Morgan fingerprint density at radius 3 is 2.08 bits per heavy atom. The molecule has 0 fully saturated rings. The average Bonchev–Trinajstić information content (AvgIpc) is 1.96. The number of hydrogen-bond donors (Lipinski definition) is 1. The van der Waals surface area contributed by atoms with E-state index < -0.39 is 0 Å². The minimum atomic E-state index is 0.156. The van der Waals surface area contributed by atoms with Crippen LogP contribution in [0.4, 0.5) is 0 Å². The van der Waals surface area contributed by atoms with Gasteiger partial charge in [-0.25, -0.2) is 0 Å². The maximum absolute atomic E-state index is 8.77. The van der Waals surface area contributed by atoms with Gasteiger partial charge in [-0.1, -0.05) is 27.7 Å². The Labute approximate surface area is 76.0 Å². The second-order valence-corrected chi connectivity index (χ2v) is 4.03. The van der Waals surface area contributed by atoms with Gasteiger partial charge in [0.1, 0.15) is 0 Å². The first-order valence-electron chi connectivity index (χ1n) is 4.68. The minimum Gasteiger partial charge on any atom is -0.315 e. The smallest absolute Gasteiger partial charge is 0.0671 e. The van der Waals surface area contributed by atoms with Gasteiger partial charge in [0.05, 0.1) is 12.0 Å². The predicted octanol–water partition coefficient (Wildman–Crippen LogP) is 2.03. The molecule has 2 nitrogen and oxygen atoms in total. The van der Waals surface area contributed by atoms with E-state index in [-0.39, 0.29) is 5.92 Å². The van der Waals surface area contributed by atoms with Gasteiger partial charge in [-0.05, 0) is 18.4 Å². The van der Waals surface area contributed by atoms with Gasteiger partial charge in [-0.3, -0.25) is 0 Å². The van der Waals surface area contributed by atoms with Crippen molar-refractivity contribution < 1.29 is 0 Å². The van der Waals surface area contributed by atoms with Crippen LogP contribution in [0.3, 0.4) is 0 Å². The highest BCUT2D eigenvalue weighted by Crippen LogP contribution is 2.07. The fourth-order valence-electron chi connectivity index (χ4n) is 0.958. The second-order valence-electron chi connectivity index (χ2n) is 4.03. The molecule has 0 aromatic heterocycles. The van der Waals surface area contributed by atoms with Gasteiger partial charge in [0.15, 0.2) is 0 Å². The topological polar surface area (TPSA) is 35.8 Å². The summed E-state index contributed by atoms with van der Waals surface area (Å²) in [7, 11) is 0. The van der Waals surface area contributed by atoms with Crippen LogP contribution in [-0.2, 0) is 0 Å². The quantitative estimate of drug-likeness (QED) is 0.681. The van der Waals surface area contributed by atoms with Crippen LogP contribution in [0.15, 0.2) is 0 Å². The number of rotatable bonds is 5. The zero-order valence-corrected chi connectivity index (χ0v) is 8.59. The van der Waals surface area contributed by atoms with Crippen molar-refractivity contribution in [3.63, 3.8) is 0 Å². The maximum Gasteiger partial charge on any atom is 0.0671 e. The van der Waals surface area contributed by atoms with Crippen molar-refractivity contribution in [2.24, 2.45) is 17.8 Å². The summed E-state index contributed by atoms with van der Waals surface area (Å²) in [6.07, 6.45) is 0. The molecule has 0 rings (SSSR count). The zero-order valence-electron chi connectivity index (χ0n) is 8.59. The highest BCUT2D eigenvalue weighted by atomic mass is 14.9. The summed E-state index contributed by atoms with van der Waals surface area (Å²) in [5.74, 6) is 1.27. The van der Waals surface area contributed by atoms with E-state index in [2.05, 4.69) is 39.1 Å².